The summed E-state index contributed by atoms with van der Waals surface area (Å²) in [5.74, 6) is 0.192. The second kappa shape index (κ2) is 7.40. The summed E-state index contributed by atoms with van der Waals surface area (Å²) in [7, 11) is 1.94. The van der Waals surface area contributed by atoms with Gasteiger partial charge < -0.3 is 9.64 Å². The van der Waals surface area contributed by atoms with Crippen LogP contribution in [-0.2, 0) is 23.0 Å². The van der Waals surface area contributed by atoms with Crippen molar-refractivity contribution in [2.24, 2.45) is 7.05 Å². The second-order valence-corrected chi connectivity index (χ2v) is 6.88. The summed E-state index contributed by atoms with van der Waals surface area (Å²) in [5, 5.41) is 4.51. The van der Waals surface area contributed by atoms with Crippen molar-refractivity contribution in [3.8, 4) is 0 Å². The highest BCUT2D eigenvalue weighted by molar-refractivity contribution is 5.77. The molecule has 1 aliphatic heterocycles. The number of hydrogen-bond acceptors (Lipinski definition) is 3. The Labute approximate surface area is 149 Å². The van der Waals surface area contributed by atoms with Crippen LogP contribution in [0.4, 0.5) is 0 Å². The maximum absolute atomic E-state index is 12.9. The molecular weight excluding hydrogens is 314 g/mol. The first kappa shape index (κ1) is 17.7. The Hall–Kier alpha value is -2.14. The molecule has 2 heterocycles. The van der Waals surface area contributed by atoms with E-state index in [0.717, 1.165) is 23.4 Å². The molecule has 1 fully saturated rings. The number of aromatic nitrogens is 2. The Balaban J connectivity index is 1.75. The van der Waals surface area contributed by atoms with Gasteiger partial charge in [0.2, 0.25) is 5.91 Å². The molecule has 1 aromatic heterocycles. The van der Waals surface area contributed by atoms with Crippen LogP contribution in [0.2, 0.25) is 0 Å². The molecule has 0 bridgehead atoms. The lowest BCUT2D eigenvalue weighted by molar-refractivity contribution is -0.140. The zero-order valence-electron chi connectivity index (χ0n) is 15.6. The highest BCUT2D eigenvalue weighted by atomic mass is 16.5. The number of carbonyl (C=O) groups is 1. The van der Waals surface area contributed by atoms with Gasteiger partial charge in [-0.05, 0) is 32.8 Å². The smallest absolute Gasteiger partial charge is 0.223 e. The first-order valence-corrected chi connectivity index (χ1v) is 8.90. The van der Waals surface area contributed by atoms with Crippen LogP contribution in [0.5, 0.6) is 0 Å². The normalized spacial score (nSPS) is 17.8. The molecule has 1 amide bonds. The van der Waals surface area contributed by atoms with Crippen molar-refractivity contribution >= 4 is 5.91 Å². The molecule has 2 aromatic rings. The van der Waals surface area contributed by atoms with Crippen molar-refractivity contribution in [3.63, 3.8) is 0 Å². The van der Waals surface area contributed by atoms with Gasteiger partial charge in [0, 0.05) is 31.3 Å². The van der Waals surface area contributed by atoms with Crippen LogP contribution in [0.3, 0.4) is 0 Å². The van der Waals surface area contributed by atoms with Gasteiger partial charge in [-0.3, -0.25) is 9.48 Å². The van der Waals surface area contributed by atoms with E-state index in [0.29, 0.717) is 26.2 Å². The van der Waals surface area contributed by atoms with Gasteiger partial charge in [-0.25, -0.2) is 0 Å². The highest BCUT2D eigenvalue weighted by Gasteiger charge is 2.32. The van der Waals surface area contributed by atoms with Gasteiger partial charge in [0.1, 0.15) is 0 Å². The fourth-order valence-corrected chi connectivity index (χ4v) is 3.68. The topological polar surface area (TPSA) is 47.4 Å². The summed E-state index contributed by atoms with van der Waals surface area (Å²) in [6.07, 6.45) is 1.30. The van der Waals surface area contributed by atoms with E-state index in [1.54, 1.807) is 0 Å². The molecule has 0 saturated carbocycles. The van der Waals surface area contributed by atoms with Crippen LogP contribution in [0.1, 0.15) is 40.5 Å². The number of rotatable bonds is 4. The van der Waals surface area contributed by atoms with Gasteiger partial charge in [-0.15, -0.1) is 0 Å². The standard InChI is InChI=1S/C20H27N3O2/c1-14-6-5-7-17(12-14)8-9-19(24)23-10-11-25-13-18(23)20-15(2)21-22(4)16(20)3/h5-7,12,18H,8-11,13H2,1-4H3. The molecule has 5 nitrogen and oxygen atoms in total. The Bertz CT molecular complexity index is 766. The number of benzene rings is 1. The first-order valence-electron chi connectivity index (χ1n) is 8.90. The van der Waals surface area contributed by atoms with Crippen LogP contribution in [0.25, 0.3) is 0 Å². The first-order chi connectivity index (χ1) is 12.0. The van der Waals surface area contributed by atoms with Gasteiger partial charge in [-0.2, -0.15) is 5.10 Å². The van der Waals surface area contributed by atoms with E-state index in [-0.39, 0.29) is 11.9 Å². The number of amides is 1. The molecule has 1 saturated heterocycles. The number of hydrogen-bond donors (Lipinski definition) is 0. The minimum absolute atomic E-state index is 0.0348. The maximum atomic E-state index is 12.9. The molecule has 1 unspecified atom stereocenters. The lowest BCUT2D eigenvalue weighted by Gasteiger charge is -2.36. The Morgan fingerprint density at radius 3 is 2.80 bits per heavy atom. The second-order valence-electron chi connectivity index (χ2n) is 6.88. The molecule has 5 heteroatoms. The molecule has 3 rings (SSSR count). The van der Waals surface area contributed by atoms with Gasteiger partial charge in [0.25, 0.3) is 0 Å². The summed E-state index contributed by atoms with van der Waals surface area (Å²) < 4.78 is 7.57. The molecule has 0 spiro atoms. The number of morpholine rings is 1. The third kappa shape index (κ3) is 3.76. The van der Waals surface area contributed by atoms with Crippen LogP contribution >= 0.6 is 0 Å². The van der Waals surface area contributed by atoms with Crippen LogP contribution in [0, 0.1) is 20.8 Å². The molecule has 25 heavy (non-hydrogen) atoms. The van der Waals surface area contributed by atoms with E-state index in [1.165, 1.54) is 11.1 Å². The summed E-state index contributed by atoms with van der Waals surface area (Å²) in [5.41, 5.74) is 5.66. The Morgan fingerprint density at radius 2 is 2.12 bits per heavy atom. The van der Waals surface area contributed by atoms with Gasteiger partial charge >= 0.3 is 0 Å². The Morgan fingerprint density at radius 1 is 1.32 bits per heavy atom. The molecule has 0 radical (unpaired) electrons. The zero-order valence-corrected chi connectivity index (χ0v) is 15.6. The van der Waals surface area contributed by atoms with Gasteiger partial charge in [0.05, 0.1) is 24.9 Å². The van der Waals surface area contributed by atoms with Crippen molar-refractivity contribution in [3.05, 3.63) is 52.3 Å². The van der Waals surface area contributed by atoms with Crippen LogP contribution in [-0.4, -0.2) is 40.3 Å². The molecule has 0 N–H and O–H groups in total. The van der Waals surface area contributed by atoms with Gasteiger partial charge in [0.15, 0.2) is 0 Å². The summed E-state index contributed by atoms with van der Waals surface area (Å²) in [6, 6.07) is 8.34. The quantitative estimate of drug-likeness (QED) is 0.859. The van der Waals surface area contributed by atoms with Crippen molar-refractivity contribution in [1.29, 1.82) is 0 Å². The van der Waals surface area contributed by atoms with Crippen molar-refractivity contribution < 1.29 is 9.53 Å². The SMILES string of the molecule is Cc1cccc(CCC(=O)N2CCOCC2c2c(C)nn(C)c2C)c1. The Kier molecular flexibility index (Phi) is 5.23. The van der Waals surface area contributed by atoms with E-state index in [1.807, 2.05) is 23.6 Å². The van der Waals surface area contributed by atoms with Crippen molar-refractivity contribution in [2.45, 2.75) is 39.7 Å². The highest BCUT2D eigenvalue weighted by Crippen LogP contribution is 2.29. The summed E-state index contributed by atoms with van der Waals surface area (Å²) >= 11 is 0. The molecule has 1 aromatic carbocycles. The summed E-state index contributed by atoms with van der Waals surface area (Å²) in [6.45, 7) is 7.93. The zero-order chi connectivity index (χ0) is 18.0. The lowest BCUT2D eigenvalue weighted by Crippen LogP contribution is -2.43. The largest absolute Gasteiger partial charge is 0.377 e. The predicted octanol–water partition coefficient (Wildman–Crippen LogP) is 2.88. The number of ether oxygens (including phenoxy) is 1. The average Bonchev–Trinajstić information content (AvgIpc) is 2.85. The van der Waals surface area contributed by atoms with E-state index in [4.69, 9.17) is 4.74 Å². The molecule has 134 valence electrons. The molecule has 1 aliphatic rings. The average molecular weight is 341 g/mol. The van der Waals surface area contributed by atoms with Crippen LogP contribution < -0.4 is 0 Å². The van der Waals surface area contributed by atoms with Crippen molar-refractivity contribution in [2.75, 3.05) is 19.8 Å². The number of nitrogens with zero attached hydrogens (tertiary/aromatic N) is 3. The van der Waals surface area contributed by atoms with E-state index in [9.17, 15) is 4.79 Å². The maximum Gasteiger partial charge on any atom is 0.223 e. The fourth-order valence-electron chi connectivity index (χ4n) is 3.68. The predicted molar refractivity (Wildman–Crippen MR) is 97.5 cm³/mol. The van der Waals surface area contributed by atoms with Gasteiger partial charge in [-0.1, -0.05) is 29.8 Å². The van der Waals surface area contributed by atoms with E-state index in [2.05, 4.69) is 43.2 Å². The number of carbonyl (C=O) groups excluding carboxylic acids is 1. The van der Waals surface area contributed by atoms with Crippen molar-refractivity contribution in [1.82, 2.24) is 14.7 Å². The lowest BCUT2D eigenvalue weighted by atomic mass is 10.0. The monoisotopic (exact) mass is 341 g/mol. The molecule has 0 aliphatic carbocycles. The van der Waals surface area contributed by atoms with E-state index < -0.39 is 0 Å². The third-order valence-corrected chi connectivity index (χ3v) is 5.06. The fraction of sp³-hybridized carbons (Fsp3) is 0.500. The van der Waals surface area contributed by atoms with E-state index >= 15 is 0 Å². The summed E-state index contributed by atoms with van der Waals surface area (Å²) in [4.78, 5) is 14.9. The van der Waals surface area contributed by atoms with Crippen LogP contribution in [0.15, 0.2) is 24.3 Å². The minimum Gasteiger partial charge on any atom is -0.377 e. The molecule has 1 atom stereocenters. The minimum atomic E-state index is -0.0348. The third-order valence-electron chi connectivity index (χ3n) is 5.06. The molecular formula is C20H27N3O2. The number of aryl methyl sites for hydroxylation is 4.